The average molecular weight is 128 g/mol. The van der Waals surface area contributed by atoms with Gasteiger partial charge in [-0.05, 0) is 19.3 Å². The summed E-state index contributed by atoms with van der Waals surface area (Å²) in [5, 5.41) is 2.39. The van der Waals surface area contributed by atoms with Crippen LogP contribution in [0.1, 0.15) is 12.8 Å². The van der Waals surface area contributed by atoms with Gasteiger partial charge in [-0.2, -0.15) is 0 Å². The molecule has 1 saturated carbocycles. The monoisotopic (exact) mass is 128 g/mol. The topological polar surface area (TPSA) is 38.3 Å². The molecule has 0 aromatic rings. The first-order valence-electron chi connectivity index (χ1n) is 3.03. The number of hydrogen-bond acceptors (Lipinski definition) is 2. The van der Waals surface area contributed by atoms with Gasteiger partial charge in [0.25, 0.3) is 0 Å². The first kappa shape index (κ1) is 6.39. The maximum absolute atomic E-state index is 10.5. The smallest absolute Gasteiger partial charge is 0.407 e. The van der Waals surface area contributed by atoms with Gasteiger partial charge in [0.05, 0.1) is 0 Å². The molecular formula is C6H10NO2. The highest BCUT2D eigenvalue weighted by Crippen LogP contribution is 2.20. The van der Waals surface area contributed by atoms with Crippen molar-refractivity contribution < 1.29 is 9.53 Å². The minimum Gasteiger partial charge on any atom is -0.446 e. The summed E-state index contributed by atoms with van der Waals surface area (Å²) in [5.74, 6) is 0. The number of amides is 1. The minimum absolute atomic E-state index is 0.143. The van der Waals surface area contributed by atoms with Crippen molar-refractivity contribution in [2.24, 2.45) is 0 Å². The van der Waals surface area contributed by atoms with E-state index in [2.05, 4.69) is 11.7 Å². The lowest BCUT2D eigenvalue weighted by Gasteiger charge is -2.24. The second-order valence-electron chi connectivity index (χ2n) is 2.04. The normalized spacial score (nSPS) is 18.3. The molecule has 1 aliphatic rings. The van der Waals surface area contributed by atoms with Crippen LogP contribution in [0.15, 0.2) is 0 Å². The molecule has 0 aliphatic heterocycles. The van der Waals surface area contributed by atoms with Gasteiger partial charge in [0.1, 0.15) is 6.10 Å². The standard InChI is InChI=1S/C6H10NO2/c1-7-6(8)9-5-3-2-4-5/h2,5H,3-4H2,1H3,(H,7,8). The van der Waals surface area contributed by atoms with Crippen LogP contribution in [0.5, 0.6) is 0 Å². The largest absolute Gasteiger partial charge is 0.446 e. The molecule has 0 atom stereocenters. The molecule has 0 aromatic heterocycles. The Kier molecular flexibility index (Phi) is 1.92. The number of ether oxygens (including phenoxy) is 1. The summed E-state index contributed by atoms with van der Waals surface area (Å²) in [6.45, 7) is 0. The Morgan fingerprint density at radius 3 is 2.78 bits per heavy atom. The zero-order chi connectivity index (χ0) is 6.69. The zero-order valence-corrected chi connectivity index (χ0v) is 5.39. The summed E-state index contributed by atoms with van der Waals surface area (Å²) >= 11 is 0. The van der Waals surface area contributed by atoms with Gasteiger partial charge in [-0.15, -0.1) is 0 Å². The molecule has 0 spiro atoms. The lowest BCUT2D eigenvalue weighted by molar-refractivity contribution is 0.0762. The van der Waals surface area contributed by atoms with Gasteiger partial charge in [0.2, 0.25) is 0 Å². The van der Waals surface area contributed by atoms with E-state index in [4.69, 9.17) is 4.74 Å². The fourth-order valence-corrected chi connectivity index (χ4v) is 0.609. The predicted octanol–water partition coefficient (Wildman–Crippen LogP) is 0.709. The van der Waals surface area contributed by atoms with E-state index < -0.39 is 0 Å². The van der Waals surface area contributed by atoms with Crippen molar-refractivity contribution in [3.05, 3.63) is 6.42 Å². The minimum atomic E-state index is -0.326. The van der Waals surface area contributed by atoms with Crippen molar-refractivity contribution in [3.63, 3.8) is 0 Å². The summed E-state index contributed by atoms with van der Waals surface area (Å²) in [6.07, 6.45) is 3.73. The van der Waals surface area contributed by atoms with E-state index in [9.17, 15) is 4.79 Å². The predicted molar refractivity (Wildman–Crippen MR) is 32.9 cm³/mol. The molecule has 51 valence electrons. The average Bonchev–Trinajstić information content (AvgIpc) is 1.78. The third kappa shape index (κ3) is 1.59. The Labute approximate surface area is 54.4 Å². The molecule has 1 radical (unpaired) electrons. The molecule has 0 bridgehead atoms. The fourth-order valence-electron chi connectivity index (χ4n) is 0.609. The lowest BCUT2D eigenvalue weighted by Crippen LogP contribution is -2.30. The quantitative estimate of drug-likeness (QED) is 0.564. The van der Waals surface area contributed by atoms with Gasteiger partial charge in [-0.3, -0.25) is 0 Å². The van der Waals surface area contributed by atoms with Crippen molar-refractivity contribution in [2.75, 3.05) is 7.05 Å². The van der Waals surface area contributed by atoms with Gasteiger partial charge in [-0.25, -0.2) is 4.79 Å². The van der Waals surface area contributed by atoms with E-state index in [-0.39, 0.29) is 12.2 Å². The van der Waals surface area contributed by atoms with E-state index >= 15 is 0 Å². The number of carbonyl (C=O) groups is 1. The first-order valence-corrected chi connectivity index (χ1v) is 3.03. The summed E-state index contributed by atoms with van der Waals surface area (Å²) < 4.78 is 4.85. The Morgan fingerprint density at radius 1 is 1.78 bits per heavy atom. The van der Waals surface area contributed by atoms with Crippen molar-refractivity contribution in [3.8, 4) is 0 Å². The molecule has 0 unspecified atom stereocenters. The zero-order valence-electron chi connectivity index (χ0n) is 5.39. The number of nitrogens with one attached hydrogen (secondary N) is 1. The van der Waals surface area contributed by atoms with Crippen LogP contribution in [0.4, 0.5) is 4.79 Å². The molecule has 1 rings (SSSR count). The molecular weight excluding hydrogens is 118 g/mol. The molecule has 3 heteroatoms. The number of alkyl carbamates (subject to hydrolysis) is 1. The first-order chi connectivity index (χ1) is 4.33. The lowest BCUT2D eigenvalue weighted by atomic mass is 9.96. The van der Waals surface area contributed by atoms with Gasteiger partial charge < -0.3 is 10.1 Å². The SMILES string of the molecule is CNC(=O)OC1C[CH]C1. The fraction of sp³-hybridized carbons (Fsp3) is 0.667. The number of carbonyl (C=O) groups excluding carboxylic acids is 1. The summed E-state index contributed by atoms with van der Waals surface area (Å²) in [4.78, 5) is 10.5. The van der Waals surface area contributed by atoms with E-state index in [0.29, 0.717) is 0 Å². The summed E-state index contributed by atoms with van der Waals surface area (Å²) in [5.41, 5.74) is 0. The second kappa shape index (κ2) is 2.71. The van der Waals surface area contributed by atoms with Crippen LogP contribution in [0.3, 0.4) is 0 Å². The van der Waals surface area contributed by atoms with Gasteiger partial charge in [0.15, 0.2) is 0 Å². The Bertz CT molecular complexity index is 110. The molecule has 0 heterocycles. The van der Waals surface area contributed by atoms with Crippen LogP contribution in [0, 0.1) is 6.42 Å². The van der Waals surface area contributed by atoms with E-state index in [1.54, 1.807) is 7.05 Å². The molecule has 1 fully saturated rings. The third-order valence-electron chi connectivity index (χ3n) is 1.34. The molecule has 9 heavy (non-hydrogen) atoms. The van der Waals surface area contributed by atoms with Crippen molar-refractivity contribution >= 4 is 6.09 Å². The second-order valence-corrected chi connectivity index (χ2v) is 2.04. The van der Waals surface area contributed by atoms with E-state index in [1.165, 1.54) is 0 Å². The Balaban J connectivity index is 2.09. The van der Waals surface area contributed by atoms with Crippen LogP contribution in [-0.4, -0.2) is 19.2 Å². The van der Waals surface area contributed by atoms with Crippen LogP contribution >= 0.6 is 0 Å². The van der Waals surface area contributed by atoms with Crippen molar-refractivity contribution in [2.45, 2.75) is 18.9 Å². The number of rotatable bonds is 1. The van der Waals surface area contributed by atoms with Crippen LogP contribution < -0.4 is 5.32 Å². The molecule has 3 nitrogen and oxygen atoms in total. The number of hydrogen-bond donors (Lipinski definition) is 1. The molecule has 1 N–H and O–H groups in total. The molecule has 1 amide bonds. The highest BCUT2D eigenvalue weighted by molar-refractivity contribution is 5.66. The maximum Gasteiger partial charge on any atom is 0.407 e. The Hall–Kier alpha value is -0.730. The van der Waals surface area contributed by atoms with Crippen LogP contribution in [0.2, 0.25) is 0 Å². The van der Waals surface area contributed by atoms with Crippen molar-refractivity contribution in [1.82, 2.24) is 5.32 Å². The van der Waals surface area contributed by atoms with Crippen molar-refractivity contribution in [1.29, 1.82) is 0 Å². The molecule has 0 saturated heterocycles. The Morgan fingerprint density at radius 2 is 2.44 bits per heavy atom. The summed E-state index contributed by atoms with van der Waals surface area (Å²) in [6, 6.07) is 0. The van der Waals surface area contributed by atoms with E-state index in [1.807, 2.05) is 0 Å². The molecule has 0 aromatic carbocycles. The van der Waals surface area contributed by atoms with Gasteiger partial charge >= 0.3 is 6.09 Å². The van der Waals surface area contributed by atoms with Gasteiger partial charge in [-0.1, -0.05) is 0 Å². The van der Waals surface area contributed by atoms with E-state index in [0.717, 1.165) is 12.8 Å². The van der Waals surface area contributed by atoms with Gasteiger partial charge in [0, 0.05) is 7.05 Å². The third-order valence-corrected chi connectivity index (χ3v) is 1.34. The van der Waals surface area contributed by atoms with Crippen LogP contribution in [-0.2, 0) is 4.74 Å². The van der Waals surface area contributed by atoms with Crippen LogP contribution in [0.25, 0.3) is 0 Å². The molecule has 1 aliphatic carbocycles. The highest BCUT2D eigenvalue weighted by Gasteiger charge is 2.20. The summed E-state index contributed by atoms with van der Waals surface area (Å²) in [7, 11) is 1.56. The highest BCUT2D eigenvalue weighted by atomic mass is 16.6. The maximum atomic E-state index is 10.5.